The van der Waals surface area contributed by atoms with Gasteiger partial charge in [-0.1, -0.05) is 11.6 Å². The van der Waals surface area contributed by atoms with Gasteiger partial charge in [0.25, 0.3) is 0 Å². The summed E-state index contributed by atoms with van der Waals surface area (Å²) in [5.41, 5.74) is 1.20. The van der Waals surface area contributed by atoms with Gasteiger partial charge >= 0.3 is 0 Å². The summed E-state index contributed by atoms with van der Waals surface area (Å²) < 4.78 is 1.02. The Bertz CT molecular complexity index is 283. The van der Waals surface area contributed by atoms with Crippen LogP contribution in [-0.2, 0) is 0 Å². The van der Waals surface area contributed by atoms with Gasteiger partial charge in [0.15, 0.2) is 0 Å². The van der Waals surface area contributed by atoms with Gasteiger partial charge in [-0.25, -0.2) is 4.98 Å². The standard InChI is InChI=1S/C8H7BrClN/c9-6-3-7(5-1-2-5)8(10)11-4-6/h3-5H,1-2H2. The Balaban J connectivity index is 2.42. The van der Waals surface area contributed by atoms with Gasteiger partial charge < -0.3 is 0 Å². The van der Waals surface area contributed by atoms with Crippen molar-refractivity contribution < 1.29 is 0 Å². The molecule has 1 aromatic rings. The number of nitrogens with zero attached hydrogens (tertiary/aromatic N) is 1. The molecule has 11 heavy (non-hydrogen) atoms. The molecule has 1 aromatic heterocycles. The number of hydrogen-bond donors (Lipinski definition) is 0. The Morgan fingerprint density at radius 1 is 1.55 bits per heavy atom. The summed E-state index contributed by atoms with van der Waals surface area (Å²) in [5, 5.41) is 0.663. The molecule has 3 heteroatoms. The minimum Gasteiger partial charge on any atom is -0.243 e. The molecule has 0 spiro atoms. The van der Waals surface area contributed by atoms with Gasteiger partial charge in [0.2, 0.25) is 0 Å². The number of rotatable bonds is 1. The van der Waals surface area contributed by atoms with E-state index in [1.54, 1.807) is 6.20 Å². The topological polar surface area (TPSA) is 12.9 Å². The highest BCUT2D eigenvalue weighted by Crippen LogP contribution is 2.43. The van der Waals surface area contributed by atoms with E-state index in [2.05, 4.69) is 27.0 Å². The quantitative estimate of drug-likeness (QED) is 0.677. The molecule has 0 aliphatic heterocycles. The average Bonchev–Trinajstić information content (AvgIpc) is 2.76. The highest BCUT2D eigenvalue weighted by Gasteiger charge is 2.26. The summed E-state index contributed by atoms with van der Waals surface area (Å²) in [6, 6.07) is 2.06. The second-order valence-electron chi connectivity index (χ2n) is 2.81. The fourth-order valence-electron chi connectivity index (χ4n) is 1.12. The maximum atomic E-state index is 5.90. The summed E-state index contributed by atoms with van der Waals surface area (Å²) in [6.45, 7) is 0. The lowest BCUT2D eigenvalue weighted by atomic mass is 10.2. The fourth-order valence-corrected chi connectivity index (χ4v) is 1.73. The number of aromatic nitrogens is 1. The Morgan fingerprint density at radius 2 is 2.27 bits per heavy atom. The highest BCUT2D eigenvalue weighted by atomic mass is 79.9. The molecule has 1 aliphatic carbocycles. The lowest BCUT2D eigenvalue weighted by Gasteiger charge is -2.00. The van der Waals surface area contributed by atoms with Crippen LogP contribution in [0.3, 0.4) is 0 Å². The molecule has 0 saturated heterocycles. The summed E-state index contributed by atoms with van der Waals surface area (Å²) in [7, 11) is 0. The third kappa shape index (κ3) is 1.57. The summed E-state index contributed by atoms with van der Waals surface area (Å²) in [6.07, 6.45) is 4.25. The molecule has 0 unspecified atom stereocenters. The summed E-state index contributed by atoms with van der Waals surface area (Å²) in [4.78, 5) is 4.06. The minimum absolute atomic E-state index is 0.663. The predicted molar refractivity (Wildman–Crippen MR) is 48.9 cm³/mol. The van der Waals surface area contributed by atoms with E-state index in [0.717, 1.165) is 4.47 Å². The Kier molecular flexibility index (Phi) is 1.90. The van der Waals surface area contributed by atoms with Gasteiger partial charge in [0.1, 0.15) is 5.15 Å². The van der Waals surface area contributed by atoms with E-state index in [1.165, 1.54) is 18.4 Å². The van der Waals surface area contributed by atoms with E-state index < -0.39 is 0 Å². The normalized spacial score (nSPS) is 16.9. The van der Waals surface area contributed by atoms with Crippen molar-refractivity contribution in [1.29, 1.82) is 0 Å². The van der Waals surface area contributed by atoms with Crippen LogP contribution in [0.4, 0.5) is 0 Å². The molecule has 2 rings (SSSR count). The third-order valence-corrected chi connectivity index (χ3v) is 2.60. The van der Waals surface area contributed by atoms with Gasteiger partial charge in [-0.3, -0.25) is 0 Å². The van der Waals surface area contributed by atoms with Crippen LogP contribution >= 0.6 is 27.5 Å². The lowest BCUT2D eigenvalue weighted by Crippen LogP contribution is -1.84. The molecule has 1 saturated carbocycles. The predicted octanol–water partition coefficient (Wildman–Crippen LogP) is 3.37. The maximum absolute atomic E-state index is 5.90. The van der Waals surface area contributed by atoms with Crippen molar-refractivity contribution in [3.63, 3.8) is 0 Å². The van der Waals surface area contributed by atoms with Gasteiger partial charge in [-0.15, -0.1) is 0 Å². The number of halogens is 2. The largest absolute Gasteiger partial charge is 0.243 e. The third-order valence-electron chi connectivity index (χ3n) is 1.85. The van der Waals surface area contributed by atoms with Gasteiger partial charge in [-0.05, 0) is 46.3 Å². The minimum atomic E-state index is 0.663. The monoisotopic (exact) mass is 231 g/mol. The smallest absolute Gasteiger partial charge is 0.132 e. The molecular formula is C8H7BrClN. The first-order valence-electron chi connectivity index (χ1n) is 3.58. The van der Waals surface area contributed by atoms with Crippen molar-refractivity contribution in [2.45, 2.75) is 18.8 Å². The fraction of sp³-hybridized carbons (Fsp3) is 0.375. The highest BCUT2D eigenvalue weighted by molar-refractivity contribution is 9.10. The lowest BCUT2D eigenvalue weighted by molar-refractivity contribution is 1.09. The molecule has 0 radical (unpaired) electrons. The Hall–Kier alpha value is -0.0800. The Labute approximate surface area is 78.9 Å². The van der Waals surface area contributed by atoms with Gasteiger partial charge in [0, 0.05) is 10.7 Å². The molecule has 0 aromatic carbocycles. The SMILES string of the molecule is Clc1ncc(Br)cc1C1CC1. The molecule has 1 fully saturated rings. The van der Waals surface area contributed by atoms with Crippen molar-refractivity contribution in [2.24, 2.45) is 0 Å². The van der Waals surface area contributed by atoms with E-state index >= 15 is 0 Å². The second kappa shape index (κ2) is 2.76. The van der Waals surface area contributed by atoms with Crippen LogP contribution in [0.15, 0.2) is 16.7 Å². The Morgan fingerprint density at radius 3 is 2.91 bits per heavy atom. The van der Waals surface area contributed by atoms with E-state index in [9.17, 15) is 0 Å². The molecule has 1 heterocycles. The van der Waals surface area contributed by atoms with E-state index in [4.69, 9.17) is 11.6 Å². The van der Waals surface area contributed by atoms with Crippen LogP contribution in [-0.4, -0.2) is 4.98 Å². The first-order chi connectivity index (χ1) is 5.27. The van der Waals surface area contributed by atoms with Crippen molar-refractivity contribution in [3.8, 4) is 0 Å². The molecule has 0 bridgehead atoms. The zero-order valence-electron chi connectivity index (χ0n) is 5.85. The molecule has 0 N–H and O–H groups in total. The molecule has 58 valence electrons. The maximum Gasteiger partial charge on any atom is 0.132 e. The van der Waals surface area contributed by atoms with Crippen LogP contribution in [0.2, 0.25) is 5.15 Å². The zero-order chi connectivity index (χ0) is 7.84. The van der Waals surface area contributed by atoms with Crippen LogP contribution in [0, 0.1) is 0 Å². The molecule has 1 aliphatic rings. The zero-order valence-corrected chi connectivity index (χ0v) is 8.19. The van der Waals surface area contributed by atoms with Gasteiger partial charge in [-0.2, -0.15) is 0 Å². The molecular weight excluding hydrogens is 225 g/mol. The van der Waals surface area contributed by atoms with Crippen molar-refractivity contribution >= 4 is 27.5 Å². The number of pyridine rings is 1. The van der Waals surface area contributed by atoms with Crippen LogP contribution in [0.5, 0.6) is 0 Å². The second-order valence-corrected chi connectivity index (χ2v) is 4.08. The summed E-state index contributed by atoms with van der Waals surface area (Å²) in [5.74, 6) is 0.674. The van der Waals surface area contributed by atoms with Crippen molar-refractivity contribution in [1.82, 2.24) is 4.98 Å². The van der Waals surface area contributed by atoms with Crippen LogP contribution in [0.25, 0.3) is 0 Å². The van der Waals surface area contributed by atoms with Crippen LogP contribution < -0.4 is 0 Å². The number of hydrogen-bond acceptors (Lipinski definition) is 1. The van der Waals surface area contributed by atoms with Gasteiger partial charge in [0.05, 0.1) is 0 Å². The van der Waals surface area contributed by atoms with E-state index in [-0.39, 0.29) is 0 Å². The first-order valence-corrected chi connectivity index (χ1v) is 4.75. The van der Waals surface area contributed by atoms with Crippen molar-refractivity contribution in [2.75, 3.05) is 0 Å². The van der Waals surface area contributed by atoms with E-state index in [1.807, 2.05) is 0 Å². The molecule has 0 amide bonds. The van der Waals surface area contributed by atoms with E-state index in [0.29, 0.717) is 11.1 Å². The first kappa shape index (κ1) is 7.56. The van der Waals surface area contributed by atoms with Crippen LogP contribution in [0.1, 0.15) is 24.3 Å². The molecule has 1 nitrogen and oxygen atoms in total. The summed E-state index contributed by atoms with van der Waals surface area (Å²) >= 11 is 9.27. The van der Waals surface area contributed by atoms with Crippen molar-refractivity contribution in [3.05, 3.63) is 27.5 Å². The molecule has 0 atom stereocenters. The average molecular weight is 233 g/mol.